The molecule has 2 aliphatic rings. The molecular formula is C31H29NO3. The Morgan fingerprint density at radius 3 is 2.20 bits per heavy atom. The minimum Gasteiger partial charge on any atom is -0.480 e. The van der Waals surface area contributed by atoms with Crippen LogP contribution in [-0.2, 0) is 16.0 Å². The van der Waals surface area contributed by atoms with Gasteiger partial charge in [-0.1, -0.05) is 92.7 Å². The van der Waals surface area contributed by atoms with E-state index in [2.05, 4.69) is 18.8 Å². The molecule has 0 amide bonds. The van der Waals surface area contributed by atoms with E-state index in [1.165, 1.54) is 0 Å². The van der Waals surface area contributed by atoms with Crippen molar-refractivity contribution in [1.29, 1.82) is 0 Å². The maximum absolute atomic E-state index is 13.6. The maximum atomic E-state index is 13.6. The Bertz CT molecular complexity index is 1350. The van der Waals surface area contributed by atoms with E-state index in [1.54, 1.807) is 0 Å². The second kappa shape index (κ2) is 9.10. The van der Waals surface area contributed by atoms with Crippen molar-refractivity contribution in [1.82, 2.24) is 0 Å². The monoisotopic (exact) mass is 463 g/mol. The number of aliphatic imine (C=N–C) groups is 1. The zero-order valence-corrected chi connectivity index (χ0v) is 20.1. The molecule has 1 unspecified atom stereocenters. The van der Waals surface area contributed by atoms with E-state index in [0.717, 1.165) is 51.8 Å². The lowest BCUT2D eigenvalue weighted by Crippen LogP contribution is -2.32. The minimum absolute atomic E-state index is 0.111. The van der Waals surface area contributed by atoms with Crippen LogP contribution in [0, 0.1) is 5.41 Å². The average Bonchev–Trinajstić information content (AvgIpc) is 2.86. The third-order valence-electron chi connectivity index (χ3n) is 7.13. The molecule has 176 valence electrons. The number of nitrogens with zero attached hydrogens (tertiary/aromatic N) is 1. The molecule has 4 heteroatoms. The quantitative estimate of drug-likeness (QED) is 0.477. The number of allylic oxidation sites excluding steroid dienone is 2. The highest BCUT2D eigenvalue weighted by molar-refractivity contribution is 6.54. The summed E-state index contributed by atoms with van der Waals surface area (Å²) in [4.78, 5) is 30.4. The standard InChI is InChI=1S/C31H29NO3/c1-31(2)17-16-25-26(19-31)23-10-6-7-11-24(23)28(29(25)33)32-27(30(34)35)18-20-12-14-22(15-13-20)21-8-4-3-5-9-21/h3-15,27H,16-19H2,1-2H3,(H,34,35)/b32-28-. The molecule has 0 fully saturated rings. The van der Waals surface area contributed by atoms with Crippen LogP contribution < -0.4 is 0 Å². The molecule has 0 bridgehead atoms. The molecule has 0 radical (unpaired) electrons. The zero-order chi connectivity index (χ0) is 24.6. The fourth-order valence-corrected chi connectivity index (χ4v) is 5.17. The average molecular weight is 464 g/mol. The van der Waals surface area contributed by atoms with Gasteiger partial charge in [-0.05, 0) is 52.5 Å². The number of hydrogen-bond donors (Lipinski definition) is 1. The Morgan fingerprint density at radius 2 is 1.51 bits per heavy atom. The molecule has 0 saturated carbocycles. The summed E-state index contributed by atoms with van der Waals surface area (Å²) in [6, 6.07) is 24.7. The highest BCUT2D eigenvalue weighted by atomic mass is 16.4. The fourth-order valence-electron chi connectivity index (χ4n) is 5.17. The van der Waals surface area contributed by atoms with Crippen molar-refractivity contribution >= 4 is 23.0 Å². The molecule has 5 rings (SSSR count). The first-order valence-corrected chi connectivity index (χ1v) is 12.1. The summed E-state index contributed by atoms with van der Waals surface area (Å²) in [6.45, 7) is 4.47. The molecule has 0 heterocycles. The van der Waals surface area contributed by atoms with Gasteiger partial charge in [-0.2, -0.15) is 0 Å². The number of fused-ring (bicyclic) bond motifs is 2. The highest BCUT2D eigenvalue weighted by Crippen LogP contribution is 2.46. The molecule has 3 aromatic carbocycles. The van der Waals surface area contributed by atoms with Crippen LogP contribution in [0.4, 0.5) is 0 Å². The molecule has 0 aromatic heterocycles. The molecule has 4 nitrogen and oxygen atoms in total. The third-order valence-corrected chi connectivity index (χ3v) is 7.13. The van der Waals surface area contributed by atoms with Gasteiger partial charge >= 0.3 is 5.97 Å². The van der Waals surface area contributed by atoms with E-state index in [9.17, 15) is 14.7 Å². The predicted octanol–water partition coefficient (Wildman–Crippen LogP) is 6.39. The fraction of sp³-hybridized carbons (Fsp3) is 0.258. The van der Waals surface area contributed by atoms with Gasteiger partial charge in [0, 0.05) is 17.6 Å². The van der Waals surface area contributed by atoms with Crippen LogP contribution >= 0.6 is 0 Å². The number of aliphatic carboxylic acids is 1. The number of carboxylic acids is 1. The molecule has 35 heavy (non-hydrogen) atoms. The van der Waals surface area contributed by atoms with Crippen molar-refractivity contribution in [3.05, 3.63) is 101 Å². The first kappa shape index (κ1) is 23.0. The van der Waals surface area contributed by atoms with E-state index < -0.39 is 12.0 Å². The summed E-state index contributed by atoms with van der Waals surface area (Å²) in [7, 11) is 0. The van der Waals surface area contributed by atoms with Crippen LogP contribution in [-0.4, -0.2) is 28.6 Å². The van der Waals surface area contributed by atoms with Crippen molar-refractivity contribution in [3.63, 3.8) is 0 Å². The highest BCUT2D eigenvalue weighted by Gasteiger charge is 2.37. The molecule has 2 aliphatic carbocycles. The van der Waals surface area contributed by atoms with Crippen LogP contribution in [0.15, 0.2) is 89.4 Å². The molecule has 3 aromatic rings. The van der Waals surface area contributed by atoms with Gasteiger partial charge in [-0.15, -0.1) is 0 Å². The maximum Gasteiger partial charge on any atom is 0.328 e. The van der Waals surface area contributed by atoms with E-state index in [1.807, 2.05) is 78.9 Å². The number of carboxylic acid groups (broad SMARTS) is 1. The summed E-state index contributed by atoms with van der Waals surface area (Å²) in [5, 5.41) is 10.0. The topological polar surface area (TPSA) is 66.7 Å². The van der Waals surface area contributed by atoms with Gasteiger partial charge < -0.3 is 5.11 Å². The predicted molar refractivity (Wildman–Crippen MR) is 140 cm³/mol. The van der Waals surface area contributed by atoms with Gasteiger partial charge in [-0.25, -0.2) is 4.79 Å². The van der Waals surface area contributed by atoms with Gasteiger partial charge in [0.2, 0.25) is 5.78 Å². The molecule has 0 aliphatic heterocycles. The lowest BCUT2D eigenvalue weighted by atomic mass is 9.68. The molecule has 0 saturated heterocycles. The molecule has 1 atom stereocenters. The van der Waals surface area contributed by atoms with E-state index in [-0.39, 0.29) is 23.3 Å². The lowest BCUT2D eigenvalue weighted by Gasteiger charge is -2.36. The Hall–Kier alpha value is -3.79. The third kappa shape index (κ3) is 4.61. The van der Waals surface area contributed by atoms with Crippen molar-refractivity contribution < 1.29 is 14.7 Å². The first-order valence-electron chi connectivity index (χ1n) is 12.1. The minimum atomic E-state index is -1.04. The second-order valence-electron chi connectivity index (χ2n) is 10.3. The number of ketones is 1. The van der Waals surface area contributed by atoms with Gasteiger partial charge in [0.15, 0.2) is 6.04 Å². The normalized spacial score (nSPS) is 18.7. The van der Waals surface area contributed by atoms with Gasteiger partial charge in [0.05, 0.1) is 0 Å². The summed E-state index contributed by atoms with van der Waals surface area (Å²) in [6.07, 6.45) is 2.70. The Balaban J connectivity index is 1.48. The number of rotatable bonds is 5. The van der Waals surface area contributed by atoms with Crippen molar-refractivity contribution in [2.45, 2.75) is 45.6 Å². The molecule has 0 spiro atoms. The number of carbonyl (C=O) groups excluding carboxylic acids is 1. The van der Waals surface area contributed by atoms with Crippen LogP contribution in [0.5, 0.6) is 0 Å². The Morgan fingerprint density at radius 1 is 0.886 bits per heavy atom. The summed E-state index contributed by atoms with van der Waals surface area (Å²) in [5.74, 6) is -1.14. The molecule has 1 N–H and O–H groups in total. The summed E-state index contributed by atoms with van der Waals surface area (Å²) < 4.78 is 0. The first-order chi connectivity index (χ1) is 16.8. The SMILES string of the molecule is CC1(C)CCC2=C(C1)c1ccccc1/C(=N/C(Cc1ccc(-c3ccccc3)cc1)C(=O)O)C2=O. The van der Waals surface area contributed by atoms with E-state index in [4.69, 9.17) is 0 Å². The van der Waals surface area contributed by atoms with Gasteiger partial charge in [0.1, 0.15) is 5.71 Å². The number of Topliss-reactive ketones (excluding diaryl/α,β-unsaturated/α-hetero) is 1. The Labute approximate surface area is 206 Å². The number of benzene rings is 3. The summed E-state index contributed by atoms with van der Waals surface area (Å²) in [5.41, 5.74) is 7.15. The van der Waals surface area contributed by atoms with E-state index in [0.29, 0.717) is 6.42 Å². The van der Waals surface area contributed by atoms with Crippen LogP contribution in [0.1, 0.15) is 49.8 Å². The lowest BCUT2D eigenvalue weighted by molar-refractivity contribution is -0.138. The van der Waals surface area contributed by atoms with E-state index >= 15 is 0 Å². The number of hydrogen-bond acceptors (Lipinski definition) is 3. The largest absolute Gasteiger partial charge is 0.480 e. The Kier molecular flexibility index (Phi) is 5.98. The van der Waals surface area contributed by atoms with Crippen molar-refractivity contribution in [2.24, 2.45) is 10.4 Å². The van der Waals surface area contributed by atoms with Crippen molar-refractivity contribution in [2.75, 3.05) is 0 Å². The van der Waals surface area contributed by atoms with Crippen LogP contribution in [0.3, 0.4) is 0 Å². The summed E-state index contributed by atoms with van der Waals surface area (Å²) >= 11 is 0. The van der Waals surface area contributed by atoms with Crippen LogP contribution in [0.25, 0.3) is 16.7 Å². The zero-order valence-electron chi connectivity index (χ0n) is 20.1. The van der Waals surface area contributed by atoms with Gasteiger partial charge in [-0.3, -0.25) is 9.79 Å². The van der Waals surface area contributed by atoms with Gasteiger partial charge in [0.25, 0.3) is 0 Å². The number of carbonyl (C=O) groups is 2. The van der Waals surface area contributed by atoms with Crippen LogP contribution in [0.2, 0.25) is 0 Å². The molecular weight excluding hydrogens is 434 g/mol. The van der Waals surface area contributed by atoms with Crippen molar-refractivity contribution in [3.8, 4) is 11.1 Å². The smallest absolute Gasteiger partial charge is 0.328 e. The second-order valence-corrected chi connectivity index (χ2v) is 10.3.